The minimum absolute atomic E-state index is 0.0711. The van der Waals surface area contributed by atoms with E-state index in [1.165, 1.54) is 0 Å². The van der Waals surface area contributed by atoms with Crippen LogP contribution in [0.4, 0.5) is 18.0 Å². The summed E-state index contributed by atoms with van der Waals surface area (Å²) in [6.45, 7) is 0.0711. The molecule has 2 amide bonds. The van der Waals surface area contributed by atoms with Gasteiger partial charge in [-0.05, 0) is 47.5 Å². The second-order valence-corrected chi connectivity index (χ2v) is 9.59. The predicted octanol–water partition coefficient (Wildman–Crippen LogP) is 5.14. The van der Waals surface area contributed by atoms with E-state index in [-0.39, 0.29) is 12.5 Å². The molecule has 3 aromatic carbocycles. The second-order valence-electron chi connectivity index (χ2n) is 7.47. The zero-order valence-corrected chi connectivity index (χ0v) is 19.3. The van der Waals surface area contributed by atoms with Crippen LogP contribution in [0.1, 0.15) is 17.0 Å². The lowest BCUT2D eigenvalue weighted by molar-refractivity contribution is -0.274. The van der Waals surface area contributed by atoms with E-state index in [0.29, 0.717) is 16.3 Å². The van der Waals surface area contributed by atoms with Gasteiger partial charge in [0.2, 0.25) is 0 Å². The van der Waals surface area contributed by atoms with Gasteiger partial charge in [0.05, 0.1) is 17.2 Å². The highest BCUT2D eigenvalue weighted by molar-refractivity contribution is 7.90. The molecule has 0 saturated carbocycles. The van der Waals surface area contributed by atoms with Crippen LogP contribution in [0.15, 0.2) is 88.9 Å². The number of urea groups is 1. The fraction of sp³-hybridized carbons (Fsp3) is 0.130. The Balaban J connectivity index is 1.56. The molecule has 0 bridgehead atoms. The summed E-state index contributed by atoms with van der Waals surface area (Å²) in [5.41, 5.74) is 2.13. The molecule has 3 aromatic rings. The van der Waals surface area contributed by atoms with Gasteiger partial charge in [0.15, 0.2) is 0 Å². The third-order valence-corrected chi connectivity index (χ3v) is 6.67. The summed E-state index contributed by atoms with van der Waals surface area (Å²) in [6.07, 6.45) is -4.92. The number of nitrogens with one attached hydrogen (secondary N) is 1. The molecule has 182 valence electrons. The summed E-state index contributed by atoms with van der Waals surface area (Å²) in [6, 6.07) is 18.6. The SMILES string of the molecule is O=C(NS(=O)(=O)c1ccc(OC(F)(F)F)cc1)N1CC(c2ccccc2)C(c2ccc(Cl)cc2)=N1. The molecule has 1 aliphatic heterocycles. The summed E-state index contributed by atoms with van der Waals surface area (Å²) in [5.74, 6) is -0.921. The van der Waals surface area contributed by atoms with Crippen molar-refractivity contribution in [1.29, 1.82) is 0 Å². The number of carbonyl (C=O) groups excluding carboxylic acids is 1. The maximum atomic E-state index is 12.8. The highest BCUT2D eigenvalue weighted by atomic mass is 35.5. The molecule has 0 fully saturated rings. The number of hydrazone groups is 1. The summed E-state index contributed by atoms with van der Waals surface area (Å²) in [7, 11) is -4.39. The number of sulfonamides is 1. The van der Waals surface area contributed by atoms with Crippen LogP contribution in [0.3, 0.4) is 0 Å². The number of ether oxygens (including phenoxy) is 1. The van der Waals surface area contributed by atoms with Crippen LogP contribution in [0.5, 0.6) is 5.75 Å². The maximum Gasteiger partial charge on any atom is 0.573 e. The minimum atomic E-state index is -4.92. The molecule has 35 heavy (non-hydrogen) atoms. The van der Waals surface area contributed by atoms with Gasteiger partial charge in [-0.25, -0.2) is 22.9 Å². The van der Waals surface area contributed by atoms with Crippen LogP contribution in [0.2, 0.25) is 5.02 Å². The quantitative estimate of drug-likeness (QED) is 0.501. The Labute approximate surface area is 203 Å². The summed E-state index contributed by atoms with van der Waals surface area (Å²) in [5, 5.41) is 5.89. The van der Waals surface area contributed by atoms with Crippen LogP contribution in [0.25, 0.3) is 0 Å². The fourth-order valence-corrected chi connectivity index (χ4v) is 4.58. The van der Waals surface area contributed by atoms with Gasteiger partial charge < -0.3 is 4.74 Å². The van der Waals surface area contributed by atoms with E-state index in [9.17, 15) is 26.4 Å². The van der Waals surface area contributed by atoms with Gasteiger partial charge in [-0.1, -0.05) is 54.1 Å². The Hall–Kier alpha value is -3.57. The topological polar surface area (TPSA) is 88.1 Å². The van der Waals surface area contributed by atoms with Gasteiger partial charge in [-0.2, -0.15) is 5.10 Å². The number of benzene rings is 3. The summed E-state index contributed by atoms with van der Waals surface area (Å²) < 4.78 is 67.9. The molecule has 0 radical (unpaired) electrons. The lowest BCUT2D eigenvalue weighted by Gasteiger charge is -2.16. The van der Waals surface area contributed by atoms with Crippen molar-refractivity contribution >= 4 is 33.4 Å². The van der Waals surface area contributed by atoms with Gasteiger partial charge >= 0.3 is 12.4 Å². The number of hydrogen-bond donors (Lipinski definition) is 1. The number of amides is 2. The maximum absolute atomic E-state index is 12.8. The number of carbonyl (C=O) groups is 1. The van der Waals surface area contributed by atoms with Gasteiger partial charge in [-0.15, -0.1) is 13.2 Å². The molecule has 0 saturated heterocycles. The van der Waals surface area contributed by atoms with Crippen LogP contribution < -0.4 is 9.46 Å². The van der Waals surface area contributed by atoms with Crippen molar-refractivity contribution in [1.82, 2.24) is 9.73 Å². The van der Waals surface area contributed by atoms with Crippen molar-refractivity contribution in [3.05, 3.63) is 95.0 Å². The van der Waals surface area contributed by atoms with E-state index in [0.717, 1.165) is 34.8 Å². The van der Waals surface area contributed by atoms with Crippen molar-refractivity contribution in [2.45, 2.75) is 17.2 Å². The minimum Gasteiger partial charge on any atom is -0.406 e. The fourth-order valence-electron chi connectivity index (χ4n) is 3.50. The largest absolute Gasteiger partial charge is 0.573 e. The summed E-state index contributed by atoms with van der Waals surface area (Å²) in [4.78, 5) is 12.4. The zero-order chi connectivity index (χ0) is 25.2. The van der Waals surface area contributed by atoms with E-state index < -0.39 is 33.1 Å². The smallest absolute Gasteiger partial charge is 0.406 e. The van der Waals surface area contributed by atoms with Crippen LogP contribution in [-0.4, -0.2) is 38.1 Å². The molecule has 1 atom stereocenters. The third kappa shape index (κ3) is 5.92. The molecule has 7 nitrogen and oxygen atoms in total. The van der Waals surface area contributed by atoms with Crippen molar-refractivity contribution in [3.63, 3.8) is 0 Å². The first kappa shape index (κ1) is 24.6. The molecule has 0 aliphatic carbocycles. The van der Waals surface area contributed by atoms with Crippen molar-refractivity contribution < 1.29 is 31.1 Å². The predicted molar refractivity (Wildman–Crippen MR) is 123 cm³/mol. The standard InChI is InChI=1S/C23H17ClF3N3O4S/c24-17-8-6-16(7-9-17)21-20(15-4-2-1-3-5-15)14-30(28-21)22(31)29-35(32,33)19-12-10-18(11-13-19)34-23(25,26)27/h1-13,20H,14H2,(H,29,31). The van der Waals surface area contributed by atoms with E-state index in [2.05, 4.69) is 9.84 Å². The van der Waals surface area contributed by atoms with Crippen LogP contribution >= 0.6 is 11.6 Å². The van der Waals surface area contributed by atoms with E-state index in [1.54, 1.807) is 24.3 Å². The second kappa shape index (κ2) is 9.59. The normalized spacial score (nSPS) is 16.1. The van der Waals surface area contributed by atoms with Crippen molar-refractivity contribution in [2.75, 3.05) is 6.54 Å². The molecule has 0 spiro atoms. The molecule has 4 rings (SSSR count). The average Bonchev–Trinajstić information content (AvgIpc) is 3.25. The number of hydrogen-bond acceptors (Lipinski definition) is 5. The van der Waals surface area contributed by atoms with Crippen LogP contribution in [-0.2, 0) is 10.0 Å². The molecule has 1 heterocycles. The van der Waals surface area contributed by atoms with Gasteiger partial charge in [-0.3, -0.25) is 0 Å². The molecule has 12 heteroatoms. The third-order valence-electron chi connectivity index (χ3n) is 5.08. The van der Waals surface area contributed by atoms with Gasteiger partial charge in [0, 0.05) is 10.9 Å². The first-order valence-corrected chi connectivity index (χ1v) is 12.0. The molecule has 1 aliphatic rings. The van der Waals surface area contributed by atoms with Gasteiger partial charge in [0.25, 0.3) is 10.0 Å². The Morgan fingerprint density at radius 1 is 1.00 bits per heavy atom. The highest BCUT2D eigenvalue weighted by Crippen LogP contribution is 2.30. The Morgan fingerprint density at radius 2 is 1.63 bits per heavy atom. The molecule has 1 N–H and O–H groups in total. The van der Waals surface area contributed by atoms with Crippen molar-refractivity contribution in [2.24, 2.45) is 5.10 Å². The van der Waals surface area contributed by atoms with Crippen molar-refractivity contribution in [3.8, 4) is 5.75 Å². The van der Waals surface area contributed by atoms with E-state index >= 15 is 0 Å². The number of rotatable bonds is 5. The molecular weight excluding hydrogens is 507 g/mol. The Morgan fingerprint density at radius 3 is 2.23 bits per heavy atom. The zero-order valence-electron chi connectivity index (χ0n) is 17.7. The van der Waals surface area contributed by atoms with Crippen LogP contribution in [0, 0.1) is 0 Å². The number of nitrogens with zero attached hydrogens (tertiary/aromatic N) is 2. The molecular formula is C23H17ClF3N3O4S. The van der Waals surface area contributed by atoms with Gasteiger partial charge in [0.1, 0.15) is 5.75 Å². The summed E-state index contributed by atoms with van der Waals surface area (Å²) >= 11 is 5.98. The first-order valence-electron chi connectivity index (χ1n) is 10.1. The van der Waals surface area contributed by atoms with E-state index in [4.69, 9.17) is 11.6 Å². The molecule has 1 unspecified atom stereocenters. The number of halogens is 4. The lowest BCUT2D eigenvalue weighted by atomic mass is 9.91. The highest BCUT2D eigenvalue weighted by Gasteiger charge is 2.34. The monoisotopic (exact) mass is 523 g/mol. The van der Waals surface area contributed by atoms with E-state index in [1.807, 2.05) is 35.1 Å². The Bertz CT molecular complexity index is 1350. The average molecular weight is 524 g/mol. The number of alkyl halides is 3. The lowest BCUT2D eigenvalue weighted by Crippen LogP contribution is -2.39. The first-order chi connectivity index (χ1) is 16.5. The Kier molecular flexibility index (Phi) is 6.73. The molecule has 0 aromatic heterocycles.